The van der Waals surface area contributed by atoms with Crippen molar-refractivity contribution in [2.45, 2.75) is 19.8 Å². The van der Waals surface area contributed by atoms with Gasteiger partial charge in [-0.15, -0.1) is 0 Å². The molecule has 0 atom stereocenters. The van der Waals surface area contributed by atoms with Crippen LogP contribution in [-0.4, -0.2) is 30.7 Å². The van der Waals surface area contributed by atoms with Gasteiger partial charge in [-0.25, -0.2) is 4.98 Å². The molecule has 0 spiro atoms. The van der Waals surface area contributed by atoms with Crippen molar-refractivity contribution >= 4 is 21.9 Å². The summed E-state index contributed by atoms with van der Waals surface area (Å²) in [5, 5.41) is 0. The van der Waals surface area contributed by atoms with Crippen molar-refractivity contribution in [2.75, 3.05) is 25.6 Å². The second-order valence-corrected chi connectivity index (χ2v) is 4.16. The average molecular weight is 274 g/mol. The number of halogens is 1. The lowest BCUT2D eigenvalue weighted by molar-refractivity contribution is 0.394. The first kappa shape index (κ1) is 12.2. The van der Waals surface area contributed by atoms with E-state index in [9.17, 15) is 0 Å². The Morgan fingerprint density at radius 3 is 2.87 bits per heavy atom. The summed E-state index contributed by atoms with van der Waals surface area (Å²) >= 11 is 3.32. The van der Waals surface area contributed by atoms with Crippen molar-refractivity contribution in [1.29, 1.82) is 0 Å². The number of methoxy groups -OCH3 is 1. The summed E-state index contributed by atoms with van der Waals surface area (Å²) in [4.78, 5) is 10.5. The quantitative estimate of drug-likeness (QED) is 0.826. The summed E-state index contributed by atoms with van der Waals surface area (Å²) in [7, 11) is 3.58. The summed E-state index contributed by atoms with van der Waals surface area (Å²) in [6.07, 6.45) is 4.01. The second kappa shape index (κ2) is 5.90. The number of anilines is 1. The molecule has 0 saturated heterocycles. The van der Waals surface area contributed by atoms with Crippen LogP contribution in [0.4, 0.5) is 5.95 Å². The molecular formula is C10H16BrN3O. The molecule has 15 heavy (non-hydrogen) atoms. The van der Waals surface area contributed by atoms with Gasteiger partial charge in [0, 0.05) is 13.6 Å². The predicted octanol–water partition coefficient (Wildman–Crippen LogP) is 2.48. The van der Waals surface area contributed by atoms with E-state index >= 15 is 0 Å². The largest absolute Gasteiger partial charge is 0.480 e. The van der Waals surface area contributed by atoms with Crippen LogP contribution in [0.5, 0.6) is 5.88 Å². The second-order valence-electron chi connectivity index (χ2n) is 3.30. The first-order chi connectivity index (χ1) is 7.19. The average Bonchev–Trinajstić information content (AvgIpc) is 2.26. The molecule has 0 aliphatic rings. The van der Waals surface area contributed by atoms with Crippen LogP contribution in [0.2, 0.25) is 0 Å². The maximum absolute atomic E-state index is 5.12. The molecular weight excluding hydrogens is 258 g/mol. The van der Waals surface area contributed by atoms with Crippen LogP contribution in [0.3, 0.4) is 0 Å². The van der Waals surface area contributed by atoms with E-state index in [4.69, 9.17) is 4.74 Å². The minimum Gasteiger partial charge on any atom is -0.480 e. The normalized spacial score (nSPS) is 10.1. The molecule has 0 radical (unpaired) electrons. The molecule has 0 fully saturated rings. The Bertz CT molecular complexity index is 320. The molecule has 84 valence electrons. The van der Waals surface area contributed by atoms with Gasteiger partial charge in [0.15, 0.2) is 0 Å². The fourth-order valence-electron chi connectivity index (χ4n) is 1.17. The molecule has 1 aromatic rings. The molecule has 5 heteroatoms. The van der Waals surface area contributed by atoms with Gasteiger partial charge >= 0.3 is 0 Å². The van der Waals surface area contributed by atoms with E-state index in [0.717, 1.165) is 23.9 Å². The Kier molecular flexibility index (Phi) is 4.81. The van der Waals surface area contributed by atoms with Crippen molar-refractivity contribution in [1.82, 2.24) is 9.97 Å². The maximum atomic E-state index is 5.12. The van der Waals surface area contributed by atoms with Crippen LogP contribution < -0.4 is 9.64 Å². The molecule has 0 saturated carbocycles. The highest BCUT2D eigenvalue weighted by atomic mass is 79.9. The van der Waals surface area contributed by atoms with Crippen molar-refractivity contribution in [3.05, 3.63) is 10.7 Å². The summed E-state index contributed by atoms with van der Waals surface area (Å²) in [6, 6.07) is 0. The Labute approximate surface area is 98.8 Å². The van der Waals surface area contributed by atoms with E-state index in [1.54, 1.807) is 13.3 Å². The zero-order valence-electron chi connectivity index (χ0n) is 9.33. The van der Waals surface area contributed by atoms with Crippen molar-refractivity contribution < 1.29 is 4.74 Å². The van der Waals surface area contributed by atoms with E-state index in [1.165, 1.54) is 0 Å². The van der Waals surface area contributed by atoms with Gasteiger partial charge in [-0.05, 0) is 22.4 Å². The van der Waals surface area contributed by atoms with E-state index < -0.39 is 0 Å². The van der Waals surface area contributed by atoms with Crippen LogP contribution in [0, 0.1) is 0 Å². The lowest BCUT2D eigenvalue weighted by Crippen LogP contribution is -2.20. The molecule has 0 bridgehead atoms. The molecule has 0 unspecified atom stereocenters. The summed E-state index contributed by atoms with van der Waals surface area (Å²) in [5.74, 6) is 1.27. The Morgan fingerprint density at radius 2 is 2.27 bits per heavy atom. The molecule has 0 aromatic carbocycles. The molecule has 1 rings (SSSR count). The number of nitrogens with zero attached hydrogens (tertiary/aromatic N) is 3. The van der Waals surface area contributed by atoms with Crippen LogP contribution in [-0.2, 0) is 0 Å². The Morgan fingerprint density at radius 1 is 1.53 bits per heavy atom. The van der Waals surface area contributed by atoms with Gasteiger partial charge < -0.3 is 9.64 Å². The molecule has 1 aromatic heterocycles. The highest BCUT2D eigenvalue weighted by Gasteiger charge is 2.08. The summed E-state index contributed by atoms with van der Waals surface area (Å²) in [5.41, 5.74) is 0. The number of unbranched alkanes of at least 4 members (excludes halogenated alkanes) is 1. The smallest absolute Gasteiger partial charge is 0.232 e. The van der Waals surface area contributed by atoms with Crippen LogP contribution in [0.1, 0.15) is 19.8 Å². The molecule has 1 heterocycles. The standard InChI is InChI=1S/C10H16BrN3O/c1-4-5-6-14(2)10-12-7-8(11)9(13-10)15-3/h7H,4-6H2,1-3H3. The van der Waals surface area contributed by atoms with E-state index in [-0.39, 0.29) is 0 Å². The number of hydrogen-bond acceptors (Lipinski definition) is 4. The zero-order valence-corrected chi connectivity index (χ0v) is 10.9. The SMILES string of the molecule is CCCCN(C)c1ncc(Br)c(OC)n1. The van der Waals surface area contributed by atoms with E-state index in [1.807, 2.05) is 11.9 Å². The third-order valence-corrected chi connectivity index (χ3v) is 2.63. The van der Waals surface area contributed by atoms with Gasteiger partial charge in [-0.1, -0.05) is 13.3 Å². The van der Waals surface area contributed by atoms with Gasteiger partial charge in [-0.2, -0.15) is 4.98 Å². The molecule has 0 amide bonds. The highest BCUT2D eigenvalue weighted by molar-refractivity contribution is 9.10. The first-order valence-corrected chi connectivity index (χ1v) is 5.76. The van der Waals surface area contributed by atoms with E-state index in [2.05, 4.69) is 32.8 Å². The van der Waals surface area contributed by atoms with Crippen LogP contribution in [0.25, 0.3) is 0 Å². The highest BCUT2D eigenvalue weighted by Crippen LogP contribution is 2.22. The van der Waals surface area contributed by atoms with Crippen molar-refractivity contribution in [3.63, 3.8) is 0 Å². The predicted molar refractivity (Wildman–Crippen MR) is 64.5 cm³/mol. The maximum Gasteiger partial charge on any atom is 0.232 e. The van der Waals surface area contributed by atoms with Crippen LogP contribution in [0.15, 0.2) is 10.7 Å². The topological polar surface area (TPSA) is 38.2 Å². The fraction of sp³-hybridized carbons (Fsp3) is 0.600. The Hall–Kier alpha value is -0.840. The van der Waals surface area contributed by atoms with Gasteiger partial charge in [0.2, 0.25) is 11.8 Å². The number of rotatable bonds is 5. The third-order valence-electron chi connectivity index (χ3n) is 2.08. The molecule has 0 aliphatic heterocycles. The third kappa shape index (κ3) is 3.34. The van der Waals surface area contributed by atoms with Gasteiger partial charge in [-0.3, -0.25) is 0 Å². The number of ether oxygens (including phenoxy) is 1. The minimum absolute atomic E-state index is 0.573. The minimum atomic E-state index is 0.573. The lowest BCUT2D eigenvalue weighted by Gasteiger charge is -2.16. The molecule has 0 aliphatic carbocycles. The number of aromatic nitrogens is 2. The monoisotopic (exact) mass is 273 g/mol. The van der Waals surface area contributed by atoms with Gasteiger partial charge in [0.1, 0.15) is 0 Å². The Balaban J connectivity index is 2.76. The van der Waals surface area contributed by atoms with Crippen molar-refractivity contribution in [2.24, 2.45) is 0 Å². The number of hydrogen-bond donors (Lipinski definition) is 0. The zero-order chi connectivity index (χ0) is 11.3. The fourth-order valence-corrected chi connectivity index (χ4v) is 1.52. The lowest BCUT2D eigenvalue weighted by atomic mass is 10.3. The van der Waals surface area contributed by atoms with E-state index in [0.29, 0.717) is 11.8 Å². The molecule has 4 nitrogen and oxygen atoms in total. The van der Waals surface area contributed by atoms with Crippen molar-refractivity contribution in [3.8, 4) is 5.88 Å². The summed E-state index contributed by atoms with van der Waals surface area (Å²) < 4.78 is 5.89. The van der Waals surface area contributed by atoms with Crippen LogP contribution >= 0.6 is 15.9 Å². The summed E-state index contributed by atoms with van der Waals surface area (Å²) in [6.45, 7) is 3.12. The van der Waals surface area contributed by atoms with Gasteiger partial charge in [0.05, 0.1) is 17.8 Å². The van der Waals surface area contributed by atoms with Gasteiger partial charge in [0.25, 0.3) is 0 Å². The first-order valence-electron chi connectivity index (χ1n) is 4.96. The molecule has 0 N–H and O–H groups in total.